The molecule has 1 saturated heterocycles. The zero-order chi connectivity index (χ0) is 24.0. The lowest BCUT2D eigenvalue weighted by atomic mass is 9.86. The van der Waals surface area contributed by atoms with Gasteiger partial charge in [-0.15, -0.1) is 0 Å². The van der Waals surface area contributed by atoms with Crippen molar-refractivity contribution in [3.63, 3.8) is 0 Å². The minimum Gasteiger partial charge on any atom is -0.491 e. The zero-order valence-electron chi connectivity index (χ0n) is 21.1. The van der Waals surface area contributed by atoms with Crippen molar-refractivity contribution in [1.82, 2.24) is 10.6 Å². The van der Waals surface area contributed by atoms with Gasteiger partial charge in [-0.3, -0.25) is 4.79 Å². The molecule has 5 rings (SSSR count). The first-order valence-corrected chi connectivity index (χ1v) is 13.6. The van der Waals surface area contributed by atoms with Crippen molar-refractivity contribution in [2.24, 2.45) is 5.92 Å². The Morgan fingerprint density at radius 2 is 1.80 bits per heavy atom. The highest BCUT2D eigenvalue weighted by Gasteiger charge is 2.22. The van der Waals surface area contributed by atoms with Crippen LogP contribution >= 0.6 is 0 Å². The Hall–Kier alpha value is -2.37. The SMILES string of the molecule is CC1CCC(NCc2ccc3c(c2)CC[C@H](NC(=O)c2ccc(OC[C@@H]4CCCO4)cc2)C3)CC1. The van der Waals surface area contributed by atoms with Crippen molar-refractivity contribution < 1.29 is 14.3 Å². The van der Waals surface area contributed by atoms with Crippen LogP contribution in [0.15, 0.2) is 42.5 Å². The molecule has 1 amide bonds. The molecule has 35 heavy (non-hydrogen) atoms. The Balaban J connectivity index is 1.09. The van der Waals surface area contributed by atoms with E-state index >= 15 is 0 Å². The maximum Gasteiger partial charge on any atom is 0.251 e. The third kappa shape index (κ3) is 6.65. The number of benzene rings is 2. The number of carbonyl (C=O) groups is 1. The number of rotatable bonds is 8. The van der Waals surface area contributed by atoms with Gasteiger partial charge in [-0.05, 0) is 105 Å². The van der Waals surface area contributed by atoms with Gasteiger partial charge in [0, 0.05) is 30.8 Å². The second-order valence-electron chi connectivity index (χ2n) is 10.8. The molecule has 1 heterocycles. The van der Waals surface area contributed by atoms with E-state index in [1.54, 1.807) is 0 Å². The molecule has 0 aromatic heterocycles. The Morgan fingerprint density at radius 1 is 0.971 bits per heavy atom. The Bertz CT molecular complexity index is 976. The van der Waals surface area contributed by atoms with E-state index in [4.69, 9.17) is 9.47 Å². The van der Waals surface area contributed by atoms with Crippen molar-refractivity contribution >= 4 is 5.91 Å². The van der Waals surface area contributed by atoms with E-state index in [1.807, 2.05) is 24.3 Å². The van der Waals surface area contributed by atoms with Gasteiger partial charge in [0.15, 0.2) is 0 Å². The Kier molecular flexibility index (Phi) is 8.05. The summed E-state index contributed by atoms with van der Waals surface area (Å²) in [5, 5.41) is 7.02. The summed E-state index contributed by atoms with van der Waals surface area (Å²) in [5.41, 5.74) is 4.87. The van der Waals surface area contributed by atoms with Gasteiger partial charge < -0.3 is 20.1 Å². The molecule has 1 aliphatic heterocycles. The van der Waals surface area contributed by atoms with Gasteiger partial charge in [-0.2, -0.15) is 0 Å². The summed E-state index contributed by atoms with van der Waals surface area (Å²) in [6, 6.07) is 15.2. The standard InChI is InChI=1S/C30H40N2O3/c1-21-4-11-26(12-5-21)31-19-22-6-7-25-18-27(13-8-24(25)17-22)32-30(33)23-9-14-28(15-10-23)35-20-29-3-2-16-34-29/h6-7,9-10,14-15,17,21,26-27,29,31H,2-5,8,11-13,16,18-20H2,1H3,(H,32,33)/t21?,26?,27-,29-/m0/s1. The molecule has 0 bridgehead atoms. The fraction of sp³-hybridized carbons (Fsp3) is 0.567. The van der Waals surface area contributed by atoms with Crippen LogP contribution < -0.4 is 15.4 Å². The molecule has 5 nitrogen and oxygen atoms in total. The molecule has 0 spiro atoms. The fourth-order valence-corrected chi connectivity index (χ4v) is 5.70. The largest absolute Gasteiger partial charge is 0.491 e. The number of amides is 1. The number of hydrogen-bond donors (Lipinski definition) is 2. The van der Waals surface area contributed by atoms with Crippen LogP contribution in [-0.4, -0.2) is 37.3 Å². The van der Waals surface area contributed by atoms with Gasteiger partial charge in [0.25, 0.3) is 5.91 Å². The maximum absolute atomic E-state index is 12.8. The predicted octanol–water partition coefficient (Wildman–Crippen LogP) is 5.20. The number of fused-ring (bicyclic) bond motifs is 1. The fourth-order valence-electron chi connectivity index (χ4n) is 5.70. The van der Waals surface area contributed by atoms with Crippen LogP contribution in [0, 0.1) is 5.92 Å². The molecule has 2 aromatic rings. The van der Waals surface area contributed by atoms with E-state index in [1.165, 1.54) is 42.4 Å². The minimum atomic E-state index is -0.00764. The monoisotopic (exact) mass is 476 g/mol. The van der Waals surface area contributed by atoms with Crippen molar-refractivity contribution in [1.29, 1.82) is 0 Å². The lowest BCUT2D eigenvalue weighted by Crippen LogP contribution is -2.38. The molecule has 5 heteroatoms. The molecule has 0 radical (unpaired) electrons. The van der Waals surface area contributed by atoms with Gasteiger partial charge >= 0.3 is 0 Å². The highest BCUT2D eigenvalue weighted by Crippen LogP contribution is 2.26. The summed E-state index contributed by atoms with van der Waals surface area (Å²) in [5.74, 6) is 1.67. The van der Waals surface area contributed by atoms with Crippen molar-refractivity contribution in [3.8, 4) is 5.75 Å². The summed E-state index contributed by atoms with van der Waals surface area (Å²) in [7, 11) is 0. The molecule has 2 aromatic carbocycles. The van der Waals surface area contributed by atoms with Crippen LogP contribution in [0.4, 0.5) is 0 Å². The van der Waals surface area contributed by atoms with Crippen molar-refractivity contribution in [3.05, 3.63) is 64.7 Å². The molecule has 3 aliphatic rings. The van der Waals surface area contributed by atoms with Crippen molar-refractivity contribution in [2.75, 3.05) is 13.2 Å². The summed E-state index contributed by atoms with van der Waals surface area (Å²) >= 11 is 0. The normalized spacial score (nSPS) is 26.2. The molecule has 188 valence electrons. The second kappa shape index (κ2) is 11.6. The van der Waals surface area contributed by atoms with E-state index in [2.05, 4.69) is 35.8 Å². The van der Waals surface area contributed by atoms with Crippen LogP contribution in [0.1, 0.15) is 78.9 Å². The van der Waals surface area contributed by atoms with Gasteiger partial charge in [0.2, 0.25) is 0 Å². The van der Waals surface area contributed by atoms with Crippen LogP contribution in [0.3, 0.4) is 0 Å². The van der Waals surface area contributed by atoms with E-state index < -0.39 is 0 Å². The molecular weight excluding hydrogens is 436 g/mol. The van der Waals surface area contributed by atoms with E-state index in [0.717, 1.165) is 56.9 Å². The number of aryl methyl sites for hydroxylation is 1. The molecule has 2 atom stereocenters. The van der Waals surface area contributed by atoms with Gasteiger partial charge in [-0.25, -0.2) is 0 Å². The predicted molar refractivity (Wildman–Crippen MR) is 139 cm³/mol. The highest BCUT2D eigenvalue weighted by molar-refractivity contribution is 5.94. The average Bonchev–Trinajstić information content (AvgIpc) is 3.41. The third-order valence-electron chi connectivity index (χ3n) is 8.02. The first-order valence-electron chi connectivity index (χ1n) is 13.6. The summed E-state index contributed by atoms with van der Waals surface area (Å²) in [6.45, 7) is 4.73. The number of nitrogens with one attached hydrogen (secondary N) is 2. The van der Waals surface area contributed by atoms with E-state index in [9.17, 15) is 4.79 Å². The van der Waals surface area contributed by atoms with Gasteiger partial charge in [-0.1, -0.05) is 25.1 Å². The molecule has 0 unspecified atom stereocenters. The molecule has 2 N–H and O–H groups in total. The van der Waals surface area contributed by atoms with Crippen LogP contribution in [0.2, 0.25) is 0 Å². The van der Waals surface area contributed by atoms with Crippen LogP contribution in [0.25, 0.3) is 0 Å². The second-order valence-corrected chi connectivity index (χ2v) is 10.8. The number of carbonyl (C=O) groups excluding carboxylic acids is 1. The first-order chi connectivity index (χ1) is 17.1. The van der Waals surface area contributed by atoms with E-state index in [0.29, 0.717) is 18.2 Å². The van der Waals surface area contributed by atoms with Gasteiger partial charge in [0.05, 0.1) is 6.10 Å². The molecular formula is C30H40N2O3. The lowest BCUT2D eigenvalue weighted by Gasteiger charge is -2.28. The number of ether oxygens (including phenoxy) is 2. The minimum absolute atomic E-state index is 0.00764. The first kappa shape index (κ1) is 24.3. The molecule has 2 fully saturated rings. The third-order valence-corrected chi connectivity index (χ3v) is 8.02. The van der Waals surface area contributed by atoms with Crippen LogP contribution in [0.5, 0.6) is 5.75 Å². The van der Waals surface area contributed by atoms with Crippen LogP contribution in [-0.2, 0) is 24.1 Å². The quantitative estimate of drug-likeness (QED) is 0.550. The topological polar surface area (TPSA) is 59.6 Å². The molecule has 2 aliphatic carbocycles. The maximum atomic E-state index is 12.8. The summed E-state index contributed by atoms with van der Waals surface area (Å²) < 4.78 is 11.4. The molecule has 1 saturated carbocycles. The zero-order valence-corrected chi connectivity index (χ0v) is 21.1. The Morgan fingerprint density at radius 3 is 2.57 bits per heavy atom. The van der Waals surface area contributed by atoms with E-state index in [-0.39, 0.29) is 18.1 Å². The Labute approximate surface area is 210 Å². The van der Waals surface area contributed by atoms with Crippen molar-refractivity contribution in [2.45, 2.75) is 89.4 Å². The summed E-state index contributed by atoms with van der Waals surface area (Å²) in [4.78, 5) is 12.8. The average molecular weight is 477 g/mol. The van der Waals surface area contributed by atoms with Gasteiger partial charge in [0.1, 0.15) is 12.4 Å². The highest BCUT2D eigenvalue weighted by atomic mass is 16.5. The number of hydrogen-bond acceptors (Lipinski definition) is 4. The lowest BCUT2D eigenvalue weighted by molar-refractivity contribution is 0.0679. The smallest absolute Gasteiger partial charge is 0.251 e. The summed E-state index contributed by atoms with van der Waals surface area (Å²) in [6.07, 6.45) is 10.6.